The van der Waals surface area contributed by atoms with Gasteiger partial charge in [-0.2, -0.15) is 17.5 Å². The maximum absolute atomic E-state index is 13.6. The van der Waals surface area contributed by atoms with Gasteiger partial charge in [-0.3, -0.25) is 0 Å². The molecule has 0 saturated carbocycles. The van der Waals surface area contributed by atoms with E-state index < -0.39 is 22.7 Å². The molecule has 2 saturated heterocycles. The summed E-state index contributed by atoms with van der Waals surface area (Å²) in [6.45, 7) is 2.37. The summed E-state index contributed by atoms with van der Waals surface area (Å²) in [5.74, 6) is 6.14. The fraction of sp³-hybridized carbons (Fsp3) is 0.467. The van der Waals surface area contributed by atoms with Gasteiger partial charge in [0.25, 0.3) is 0 Å². The van der Waals surface area contributed by atoms with Crippen molar-refractivity contribution in [3.05, 3.63) is 48.2 Å². The molecule has 9 nitrogen and oxygen atoms in total. The summed E-state index contributed by atoms with van der Waals surface area (Å²) < 4.78 is 80.5. The molecule has 13 heteroatoms. The Balaban J connectivity index is 1.35. The molecule has 5 rings (SSSR count). The van der Waals surface area contributed by atoms with E-state index in [0.29, 0.717) is 61.7 Å². The summed E-state index contributed by atoms with van der Waals surface area (Å²) in [6, 6.07) is 11.7. The number of benzene rings is 2. The number of methoxy groups -OCH3 is 1. The van der Waals surface area contributed by atoms with Gasteiger partial charge in [0.15, 0.2) is 0 Å². The lowest BCUT2D eigenvalue weighted by atomic mass is 10.1. The molecular formula is C30H36F3N5O4S. The quantitative estimate of drug-likeness (QED) is 0.366. The van der Waals surface area contributed by atoms with Crippen molar-refractivity contribution in [3.63, 3.8) is 0 Å². The highest BCUT2D eigenvalue weighted by Crippen LogP contribution is 2.32. The van der Waals surface area contributed by atoms with Crippen LogP contribution in [0, 0.1) is 11.8 Å². The molecule has 232 valence electrons. The number of nitrogens with one attached hydrogen (secondary N) is 2. The van der Waals surface area contributed by atoms with Gasteiger partial charge in [0, 0.05) is 62.6 Å². The van der Waals surface area contributed by atoms with Crippen molar-refractivity contribution < 1.29 is 31.1 Å². The van der Waals surface area contributed by atoms with Crippen molar-refractivity contribution in [3.8, 4) is 17.6 Å². The van der Waals surface area contributed by atoms with Crippen molar-refractivity contribution in [1.29, 1.82) is 0 Å². The molecular weight excluding hydrogens is 583 g/mol. The minimum absolute atomic E-state index is 0.0988. The summed E-state index contributed by atoms with van der Waals surface area (Å²) in [6.07, 6.45) is -2.78. The standard InChI is InChI=1S/C30H36F3N5O4S/c1-36-13-15-37(16-14-36)43(39,40)24-8-9-27(29(20-24)41-2)34-12-4-5-23-19-25-26(35-22-10-17-42-18-11-22)6-3-7-28(25)38(23)21-30(31,32)33/h3,6-9,19-20,22,34-35H,10-18,21H2,1-2H3. The lowest BCUT2D eigenvalue weighted by Gasteiger charge is -2.31. The molecule has 43 heavy (non-hydrogen) atoms. The molecule has 0 spiro atoms. The minimum atomic E-state index is -4.43. The fourth-order valence-corrected chi connectivity index (χ4v) is 6.79. The minimum Gasteiger partial charge on any atom is -0.495 e. The van der Waals surface area contributed by atoms with Crippen molar-refractivity contribution >= 4 is 32.3 Å². The van der Waals surface area contributed by atoms with Crippen LogP contribution in [0.15, 0.2) is 47.4 Å². The lowest BCUT2D eigenvalue weighted by Crippen LogP contribution is -2.47. The number of piperazine rings is 1. The number of nitrogens with zero attached hydrogens (tertiary/aromatic N) is 3. The second kappa shape index (κ2) is 13.1. The Morgan fingerprint density at radius 1 is 1.05 bits per heavy atom. The molecule has 0 unspecified atom stereocenters. The first-order valence-electron chi connectivity index (χ1n) is 14.2. The maximum Gasteiger partial charge on any atom is 0.406 e. The largest absolute Gasteiger partial charge is 0.495 e. The SMILES string of the molecule is COc1cc(S(=O)(=O)N2CCN(C)CC2)ccc1NCC#Cc1cc2c(NC3CCOCC3)cccc2n1CC(F)(F)F. The Kier molecular flexibility index (Phi) is 9.41. The molecule has 1 aromatic heterocycles. The molecule has 2 N–H and O–H groups in total. The molecule has 0 aliphatic carbocycles. The molecule has 0 atom stereocenters. The fourth-order valence-electron chi connectivity index (χ4n) is 5.36. The smallest absolute Gasteiger partial charge is 0.406 e. The molecule has 2 aliphatic heterocycles. The average Bonchev–Trinajstić information content (AvgIpc) is 3.32. The van der Waals surface area contributed by atoms with Gasteiger partial charge < -0.3 is 29.6 Å². The molecule has 0 bridgehead atoms. The van der Waals surface area contributed by atoms with Gasteiger partial charge in [0.05, 0.1) is 35.4 Å². The number of hydrogen-bond acceptors (Lipinski definition) is 7. The van der Waals surface area contributed by atoms with Crippen LogP contribution >= 0.6 is 0 Å². The summed E-state index contributed by atoms with van der Waals surface area (Å²) in [5.41, 5.74) is 1.98. The van der Waals surface area contributed by atoms with Crippen molar-refractivity contribution in [2.75, 3.05) is 70.7 Å². The number of fused-ring (bicyclic) bond motifs is 1. The van der Waals surface area contributed by atoms with Crippen molar-refractivity contribution in [2.45, 2.75) is 36.5 Å². The number of rotatable bonds is 8. The van der Waals surface area contributed by atoms with Gasteiger partial charge in [-0.05, 0) is 56.1 Å². The van der Waals surface area contributed by atoms with Crippen LogP contribution in [0.25, 0.3) is 10.9 Å². The normalized spacial score (nSPS) is 17.4. The van der Waals surface area contributed by atoms with Crippen LogP contribution in [-0.4, -0.2) is 94.5 Å². The van der Waals surface area contributed by atoms with E-state index in [-0.39, 0.29) is 23.2 Å². The van der Waals surface area contributed by atoms with Crippen LogP contribution in [0.5, 0.6) is 5.75 Å². The second-order valence-corrected chi connectivity index (χ2v) is 12.7. The van der Waals surface area contributed by atoms with Gasteiger partial charge in [-0.1, -0.05) is 12.0 Å². The first-order valence-corrected chi connectivity index (χ1v) is 15.6. The molecule has 0 amide bonds. The van der Waals surface area contributed by atoms with Gasteiger partial charge in [-0.25, -0.2) is 8.42 Å². The topological polar surface area (TPSA) is 88.1 Å². The predicted molar refractivity (Wildman–Crippen MR) is 160 cm³/mol. The van der Waals surface area contributed by atoms with E-state index >= 15 is 0 Å². The third kappa shape index (κ3) is 7.38. The van der Waals surface area contributed by atoms with Crippen LogP contribution < -0.4 is 15.4 Å². The Morgan fingerprint density at radius 3 is 2.49 bits per heavy atom. The zero-order valence-corrected chi connectivity index (χ0v) is 25.0. The predicted octanol–water partition coefficient (Wildman–Crippen LogP) is 4.20. The lowest BCUT2D eigenvalue weighted by molar-refractivity contribution is -0.140. The maximum atomic E-state index is 13.6. The van der Waals surface area contributed by atoms with E-state index in [2.05, 4.69) is 27.4 Å². The Hall–Kier alpha value is -3.44. The first-order chi connectivity index (χ1) is 20.5. The number of aromatic nitrogens is 1. The van der Waals surface area contributed by atoms with Gasteiger partial charge in [-0.15, -0.1) is 0 Å². The van der Waals surface area contributed by atoms with E-state index in [1.54, 1.807) is 24.3 Å². The molecule has 2 aromatic carbocycles. The number of hydrogen-bond donors (Lipinski definition) is 2. The van der Waals surface area contributed by atoms with E-state index in [0.717, 1.165) is 18.5 Å². The number of halogens is 3. The van der Waals surface area contributed by atoms with E-state index in [9.17, 15) is 21.6 Å². The highest BCUT2D eigenvalue weighted by atomic mass is 32.2. The highest BCUT2D eigenvalue weighted by molar-refractivity contribution is 7.89. The van der Waals surface area contributed by atoms with E-state index in [1.165, 1.54) is 28.1 Å². The Labute approximate surface area is 250 Å². The highest BCUT2D eigenvalue weighted by Gasteiger charge is 2.30. The van der Waals surface area contributed by atoms with Crippen molar-refractivity contribution in [2.24, 2.45) is 0 Å². The number of anilines is 2. The van der Waals surface area contributed by atoms with Crippen molar-refractivity contribution in [1.82, 2.24) is 13.8 Å². The summed E-state index contributed by atoms with van der Waals surface area (Å²) in [4.78, 5) is 2.21. The van der Waals surface area contributed by atoms with Crippen LogP contribution in [0.4, 0.5) is 24.5 Å². The molecule has 2 aliphatic rings. The van der Waals surface area contributed by atoms with E-state index in [4.69, 9.17) is 9.47 Å². The summed E-state index contributed by atoms with van der Waals surface area (Å²) >= 11 is 0. The number of alkyl halides is 3. The third-order valence-corrected chi connectivity index (χ3v) is 9.62. The first kappa shape index (κ1) is 31.0. The zero-order valence-electron chi connectivity index (χ0n) is 24.2. The third-order valence-electron chi connectivity index (χ3n) is 7.72. The van der Waals surface area contributed by atoms with Gasteiger partial charge >= 0.3 is 6.18 Å². The number of ether oxygens (including phenoxy) is 2. The average molecular weight is 620 g/mol. The van der Waals surface area contributed by atoms with Crippen LogP contribution in [-0.2, 0) is 21.3 Å². The molecule has 3 aromatic rings. The number of sulfonamides is 1. The van der Waals surface area contributed by atoms with Gasteiger partial charge in [0.2, 0.25) is 10.0 Å². The Morgan fingerprint density at radius 2 is 1.79 bits per heavy atom. The molecule has 3 heterocycles. The summed E-state index contributed by atoms with van der Waals surface area (Å²) in [7, 11) is -0.279. The Bertz CT molecular complexity index is 1600. The van der Waals surface area contributed by atoms with Crippen LogP contribution in [0.2, 0.25) is 0 Å². The van der Waals surface area contributed by atoms with Crippen LogP contribution in [0.1, 0.15) is 18.5 Å². The van der Waals surface area contributed by atoms with Crippen LogP contribution in [0.3, 0.4) is 0 Å². The molecule has 0 radical (unpaired) electrons. The second-order valence-electron chi connectivity index (χ2n) is 10.7. The molecule has 2 fully saturated rings. The van der Waals surface area contributed by atoms with E-state index in [1.807, 2.05) is 13.1 Å². The zero-order chi connectivity index (χ0) is 30.6. The van der Waals surface area contributed by atoms with Gasteiger partial charge in [0.1, 0.15) is 12.3 Å². The monoisotopic (exact) mass is 619 g/mol. The number of likely N-dealkylation sites (N-methyl/N-ethyl adjacent to an activating group) is 1. The summed E-state index contributed by atoms with van der Waals surface area (Å²) in [5, 5.41) is 7.24.